The zero-order valence-corrected chi connectivity index (χ0v) is 18.8. The molecular formula is C23H23F3N4O2S. The predicted octanol–water partition coefficient (Wildman–Crippen LogP) is 4.76. The number of rotatable bonds is 8. The Morgan fingerprint density at radius 3 is 2.70 bits per heavy atom. The van der Waals surface area contributed by atoms with Gasteiger partial charge in [0.25, 0.3) is 5.91 Å². The average molecular weight is 477 g/mol. The fourth-order valence-electron chi connectivity index (χ4n) is 3.14. The van der Waals surface area contributed by atoms with Crippen LogP contribution < -0.4 is 21.5 Å². The van der Waals surface area contributed by atoms with E-state index >= 15 is 0 Å². The molecule has 0 aliphatic heterocycles. The number of nitrogens with two attached hydrogens (primary N) is 2. The first-order valence-electron chi connectivity index (χ1n) is 9.92. The number of benzene rings is 1. The number of hydrogen-bond acceptors (Lipinski definition) is 6. The van der Waals surface area contributed by atoms with Crippen molar-refractivity contribution in [3.63, 3.8) is 0 Å². The van der Waals surface area contributed by atoms with E-state index < -0.39 is 18.2 Å². The third kappa shape index (κ3) is 6.33. The monoisotopic (exact) mass is 476 g/mol. The Labute approximate surface area is 193 Å². The summed E-state index contributed by atoms with van der Waals surface area (Å²) in [6.45, 7) is 2.16. The van der Waals surface area contributed by atoms with Crippen molar-refractivity contribution >= 4 is 23.1 Å². The topological polar surface area (TPSA) is 103 Å². The highest BCUT2D eigenvalue weighted by molar-refractivity contribution is 7.13. The quantitative estimate of drug-likeness (QED) is 0.407. The van der Waals surface area contributed by atoms with E-state index in [4.69, 9.17) is 16.2 Å². The second-order valence-corrected chi connectivity index (χ2v) is 8.22. The number of alkyl halides is 3. The van der Waals surface area contributed by atoms with Crippen molar-refractivity contribution in [3.05, 3.63) is 65.2 Å². The number of aromatic nitrogens is 1. The van der Waals surface area contributed by atoms with Crippen LogP contribution in [0.25, 0.3) is 21.6 Å². The number of halogens is 3. The molecule has 0 spiro atoms. The van der Waals surface area contributed by atoms with Crippen LogP contribution in [-0.2, 0) is 6.54 Å². The molecule has 0 saturated heterocycles. The summed E-state index contributed by atoms with van der Waals surface area (Å²) >= 11 is 1.57. The number of thiophene rings is 1. The molecule has 0 saturated carbocycles. The Bertz CT molecular complexity index is 1170. The standard InChI is InChI=1S/C23H23F3N4O2S/c1-13(5-6-23(24,25)26)32-19-9-15(3-4-17(19)22(28)31)18-8-16(11-30-21(18)27)20-7-14(10-29-2)12-33-20/h3-9,11-13,29H,10H2,1-2H3,(H2,27,30)(H2,28,31)/b6-5-/t13-/m1/s1. The third-order valence-electron chi connectivity index (χ3n) is 4.66. The van der Waals surface area contributed by atoms with Gasteiger partial charge in [0.1, 0.15) is 17.7 Å². The lowest BCUT2D eigenvalue weighted by atomic mass is 10.0. The summed E-state index contributed by atoms with van der Waals surface area (Å²) in [5, 5.41) is 5.15. The Morgan fingerprint density at radius 2 is 2.03 bits per heavy atom. The van der Waals surface area contributed by atoms with E-state index in [9.17, 15) is 18.0 Å². The molecule has 0 bridgehead atoms. The minimum Gasteiger partial charge on any atom is -0.486 e. The van der Waals surface area contributed by atoms with E-state index in [0.29, 0.717) is 11.1 Å². The van der Waals surface area contributed by atoms with Crippen LogP contribution >= 0.6 is 11.3 Å². The van der Waals surface area contributed by atoms with E-state index in [2.05, 4.69) is 16.4 Å². The third-order valence-corrected chi connectivity index (χ3v) is 5.69. The molecule has 33 heavy (non-hydrogen) atoms. The van der Waals surface area contributed by atoms with Gasteiger partial charge in [0, 0.05) is 34.8 Å². The average Bonchev–Trinajstić information content (AvgIpc) is 3.21. The number of hydrogen-bond donors (Lipinski definition) is 3. The van der Waals surface area contributed by atoms with Gasteiger partial charge in [0.15, 0.2) is 0 Å². The number of primary amides is 1. The molecule has 6 nitrogen and oxygen atoms in total. The molecule has 3 rings (SSSR count). The number of nitrogens with zero attached hydrogens (tertiary/aromatic N) is 1. The molecule has 0 radical (unpaired) electrons. The Morgan fingerprint density at radius 1 is 1.27 bits per heavy atom. The molecule has 3 aromatic rings. The van der Waals surface area contributed by atoms with Gasteiger partial charge in [-0.15, -0.1) is 11.3 Å². The van der Waals surface area contributed by atoms with Gasteiger partial charge in [-0.25, -0.2) is 4.98 Å². The van der Waals surface area contributed by atoms with Crippen LogP contribution in [0.1, 0.15) is 22.8 Å². The molecule has 0 fully saturated rings. The van der Waals surface area contributed by atoms with Crippen molar-refractivity contribution in [2.45, 2.75) is 25.7 Å². The van der Waals surface area contributed by atoms with Gasteiger partial charge >= 0.3 is 6.18 Å². The zero-order valence-electron chi connectivity index (χ0n) is 17.9. The molecular weight excluding hydrogens is 453 g/mol. The minimum absolute atomic E-state index is 0.0451. The van der Waals surface area contributed by atoms with Crippen molar-refractivity contribution < 1.29 is 22.7 Å². The van der Waals surface area contributed by atoms with Crippen molar-refractivity contribution in [1.82, 2.24) is 10.3 Å². The maximum atomic E-state index is 12.5. The largest absolute Gasteiger partial charge is 0.486 e. The molecule has 174 valence electrons. The fourth-order valence-corrected chi connectivity index (χ4v) is 4.04. The molecule has 0 aliphatic carbocycles. The van der Waals surface area contributed by atoms with Crippen LogP contribution in [0.15, 0.2) is 54.1 Å². The maximum Gasteiger partial charge on any atom is 0.409 e. The first-order chi connectivity index (χ1) is 15.6. The summed E-state index contributed by atoms with van der Waals surface area (Å²) in [7, 11) is 1.87. The second kappa shape index (κ2) is 10.1. The van der Waals surface area contributed by atoms with Gasteiger partial charge in [0.05, 0.1) is 5.56 Å². The number of allylic oxidation sites excluding steroid dienone is 1. The highest BCUT2D eigenvalue weighted by atomic mass is 32.1. The lowest BCUT2D eigenvalue weighted by molar-refractivity contribution is -0.0804. The summed E-state index contributed by atoms with van der Waals surface area (Å²) in [5.74, 6) is -0.454. The number of nitrogens with one attached hydrogen (secondary N) is 1. The van der Waals surface area contributed by atoms with Crippen LogP contribution in [0.3, 0.4) is 0 Å². The van der Waals surface area contributed by atoms with Crippen molar-refractivity contribution in [2.75, 3.05) is 12.8 Å². The van der Waals surface area contributed by atoms with Crippen LogP contribution in [0.5, 0.6) is 5.75 Å². The smallest absolute Gasteiger partial charge is 0.409 e. The molecule has 2 aromatic heterocycles. The Kier molecular flexibility index (Phi) is 7.39. The van der Waals surface area contributed by atoms with Gasteiger partial charge in [0.2, 0.25) is 0 Å². The summed E-state index contributed by atoms with van der Waals surface area (Å²) in [6, 6.07) is 8.54. The number of amides is 1. The number of anilines is 1. The number of carbonyl (C=O) groups is 1. The lowest BCUT2D eigenvalue weighted by Gasteiger charge is -2.16. The molecule has 1 atom stereocenters. The van der Waals surface area contributed by atoms with Gasteiger partial charge in [-0.1, -0.05) is 6.07 Å². The van der Waals surface area contributed by atoms with Crippen LogP contribution in [0, 0.1) is 0 Å². The molecule has 1 aromatic carbocycles. The van der Waals surface area contributed by atoms with Gasteiger partial charge in [-0.3, -0.25) is 4.79 Å². The van der Waals surface area contributed by atoms with Crippen molar-refractivity contribution in [2.24, 2.45) is 5.73 Å². The van der Waals surface area contributed by atoms with Crippen LogP contribution in [0.2, 0.25) is 0 Å². The van der Waals surface area contributed by atoms with Gasteiger partial charge < -0.3 is 21.5 Å². The van der Waals surface area contributed by atoms with Gasteiger partial charge in [-0.05, 0) is 60.8 Å². The predicted molar refractivity (Wildman–Crippen MR) is 124 cm³/mol. The summed E-state index contributed by atoms with van der Waals surface area (Å²) in [6.07, 6.45) is -2.82. The van der Waals surface area contributed by atoms with E-state index in [1.807, 2.05) is 18.5 Å². The van der Waals surface area contributed by atoms with E-state index in [-0.39, 0.29) is 23.2 Å². The van der Waals surface area contributed by atoms with Crippen LogP contribution in [-0.4, -0.2) is 30.2 Å². The molecule has 0 aliphatic rings. The van der Waals surface area contributed by atoms with E-state index in [1.54, 1.807) is 23.6 Å². The summed E-state index contributed by atoms with van der Waals surface area (Å²) in [5.41, 5.74) is 14.7. The number of pyridine rings is 1. The molecule has 5 N–H and O–H groups in total. The van der Waals surface area contributed by atoms with Crippen LogP contribution in [0.4, 0.5) is 19.0 Å². The first kappa shape index (κ1) is 24.3. The van der Waals surface area contributed by atoms with Crippen molar-refractivity contribution in [1.29, 1.82) is 0 Å². The molecule has 0 unspecified atom stereocenters. The lowest BCUT2D eigenvalue weighted by Crippen LogP contribution is -2.17. The highest BCUT2D eigenvalue weighted by Gasteiger charge is 2.23. The minimum atomic E-state index is -4.47. The maximum absolute atomic E-state index is 12.5. The van der Waals surface area contributed by atoms with E-state index in [0.717, 1.165) is 28.6 Å². The number of nitrogen functional groups attached to an aromatic ring is 1. The van der Waals surface area contributed by atoms with E-state index in [1.165, 1.54) is 19.1 Å². The Hall–Kier alpha value is -3.37. The zero-order chi connectivity index (χ0) is 24.2. The Balaban J connectivity index is 1.98. The second-order valence-electron chi connectivity index (χ2n) is 7.31. The normalized spacial score (nSPS) is 12.8. The first-order valence-corrected chi connectivity index (χ1v) is 10.8. The molecule has 2 heterocycles. The number of ether oxygens (including phenoxy) is 1. The fraction of sp³-hybridized carbons (Fsp3) is 0.217. The highest BCUT2D eigenvalue weighted by Crippen LogP contribution is 2.35. The van der Waals surface area contributed by atoms with Crippen molar-refractivity contribution in [3.8, 4) is 27.3 Å². The molecule has 10 heteroatoms. The molecule has 1 amide bonds. The van der Waals surface area contributed by atoms with Gasteiger partial charge in [-0.2, -0.15) is 13.2 Å². The summed E-state index contributed by atoms with van der Waals surface area (Å²) < 4.78 is 43.0. The number of carbonyl (C=O) groups excluding carboxylic acids is 1. The summed E-state index contributed by atoms with van der Waals surface area (Å²) in [4.78, 5) is 17.1. The SMILES string of the molecule is CNCc1csc(-c2cnc(N)c(-c3ccc(C(N)=O)c(O[C@H](C)/C=C\C(F)(F)F)c3)c2)c1.